The lowest BCUT2D eigenvalue weighted by molar-refractivity contribution is 0.0529. The minimum atomic E-state index is -1.15. The van der Waals surface area contributed by atoms with Crippen LogP contribution in [0.2, 0.25) is 0 Å². The number of carboxylic acid groups (broad SMARTS) is 1. The normalized spacial score (nSPS) is 13.8. The molecule has 3 aromatic rings. The van der Waals surface area contributed by atoms with Crippen molar-refractivity contribution in [2.45, 2.75) is 19.9 Å². The molecule has 6 heteroatoms. The Morgan fingerprint density at radius 3 is 2.19 bits per heavy atom. The molecule has 0 saturated heterocycles. The molecule has 1 unspecified atom stereocenters. The first-order chi connectivity index (χ1) is 14.8. The van der Waals surface area contributed by atoms with Gasteiger partial charge < -0.3 is 9.84 Å². The lowest BCUT2D eigenvalue weighted by Crippen LogP contribution is -2.37. The van der Waals surface area contributed by atoms with Crippen LogP contribution >= 0.6 is 0 Å². The smallest absolute Gasteiger partial charge is 0.335 e. The standard InChI is InChI=1S/C25H21NO5/c1-15-10-16(2)12-19(11-15)31-14-22(17-6-4-3-5-7-17)26-23(27)20-9-8-18(25(29)30)13-21(20)24(26)28/h3-13,22H,14H2,1-2H3,(H,29,30). The number of aryl methyl sites for hydroxylation is 2. The summed E-state index contributed by atoms with van der Waals surface area (Å²) in [5.74, 6) is -1.49. The fourth-order valence-electron chi connectivity index (χ4n) is 3.86. The Bertz CT molecular complexity index is 1170. The maximum Gasteiger partial charge on any atom is 0.335 e. The Labute approximate surface area is 179 Å². The number of hydrogen-bond acceptors (Lipinski definition) is 4. The van der Waals surface area contributed by atoms with E-state index in [-0.39, 0.29) is 23.3 Å². The Morgan fingerprint density at radius 1 is 0.903 bits per heavy atom. The predicted octanol–water partition coefficient (Wildman–Crippen LogP) is 4.42. The van der Waals surface area contributed by atoms with Crippen LogP contribution < -0.4 is 4.74 Å². The van der Waals surface area contributed by atoms with Crippen molar-refractivity contribution in [2.75, 3.05) is 6.61 Å². The lowest BCUT2D eigenvalue weighted by Gasteiger charge is -2.27. The van der Waals surface area contributed by atoms with E-state index < -0.39 is 23.8 Å². The molecule has 1 heterocycles. The summed E-state index contributed by atoms with van der Waals surface area (Å²) in [6.45, 7) is 4.02. The van der Waals surface area contributed by atoms with E-state index in [0.29, 0.717) is 5.75 Å². The molecule has 0 spiro atoms. The second-order valence-electron chi connectivity index (χ2n) is 7.61. The number of aromatic carboxylic acids is 1. The Kier molecular flexibility index (Phi) is 5.29. The molecule has 1 atom stereocenters. The van der Waals surface area contributed by atoms with Crippen LogP contribution in [0.25, 0.3) is 0 Å². The molecule has 0 bridgehead atoms. The average Bonchev–Trinajstić information content (AvgIpc) is 2.99. The number of carboxylic acids is 1. The SMILES string of the molecule is Cc1cc(C)cc(OCC(c2ccccc2)N2C(=O)c3ccc(C(=O)O)cc3C2=O)c1. The highest BCUT2D eigenvalue weighted by molar-refractivity contribution is 6.22. The number of imide groups is 1. The number of rotatable bonds is 6. The predicted molar refractivity (Wildman–Crippen MR) is 114 cm³/mol. The molecule has 0 radical (unpaired) electrons. The van der Waals surface area contributed by atoms with Gasteiger partial charge in [0.05, 0.1) is 22.7 Å². The molecule has 0 fully saturated rings. The summed E-state index contributed by atoms with van der Waals surface area (Å²) >= 11 is 0. The minimum absolute atomic E-state index is 0.0375. The highest BCUT2D eigenvalue weighted by Crippen LogP contribution is 2.33. The van der Waals surface area contributed by atoms with Crippen molar-refractivity contribution >= 4 is 17.8 Å². The summed E-state index contributed by atoms with van der Waals surface area (Å²) in [7, 11) is 0. The van der Waals surface area contributed by atoms with E-state index in [9.17, 15) is 19.5 Å². The van der Waals surface area contributed by atoms with Gasteiger partial charge in [-0.15, -0.1) is 0 Å². The van der Waals surface area contributed by atoms with E-state index in [1.165, 1.54) is 18.2 Å². The van der Waals surface area contributed by atoms with Gasteiger partial charge in [-0.2, -0.15) is 0 Å². The van der Waals surface area contributed by atoms with Crippen molar-refractivity contribution in [3.05, 3.63) is 100 Å². The molecule has 0 aromatic heterocycles. The van der Waals surface area contributed by atoms with Gasteiger partial charge in [-0.05, 0) is 60.9 Å². The number of carbonyl (C=O) groups is 3. The second kappa shape index (κ2) is 8.07. The van der Waals surface area contributed by atoms with Crippen LogP contribution in [0.4, 0.5) is 0 Å². The third-order valence-corrected chi connectivity index (χ3v) is 5.26. The van der Waals surface area contributed by atoms with Crippen LogP contribution in [0.5, 0.6) is 5.75 Å². The van der Waals surface area contributed by atoms with E-state index in [1.54, 1.807) is 0 Å². The summed E-state index contributed by atoms with van der Waals surface area (Å²) < 4.78 is 6.01. The Morgan fingerprint density at radius 2 is 1.55 bits per heavy atom. The van der Waals surface area contributed by atoms with Gasteiger partial charge in [-0.1, -0.05) is 36.4 Å². The van der Waals surface area contributed by atoms with E-state index in [2.05, 4.69) is 0 Å². The molecule has 3 aromatic carbocycles. The van der Waals surface area contributed by atoms with E-state index in [4.69, 9.17) is 4.74 Å². The molecule has 2 amide bonds. The summed E-state index contributed by atoms with van der Waals surface area (Å²) in [4.78, 5) is 38.8. The zero-order valence-corrected chi connectivity index (χ0v) is 17.2. The van der Waals surface area contributed by atoms with E-state index in [1.807, 2.05) is 62.4 Å². The number of nitrogens with zero attached hydrogens (tertiary/aromatic N) is 1. The van der Waals surface area contributed by atoms with Crippen LogP contribution in [0, 0.1) is 13.8 Å². The van der Waals surface area contributed by atoms with Crippen molar-refractivity contribution in [1.82, 2.24) is 4.90 Å². The van der Waals surface area contributed by atoms with E-state index in [0.717, 1.165) is 21.6 Å². The van der Waals surface area contributed by atoms with Gasteiger partial charge in [0.25, 0.3) is 11.8 Å². The number of benzene rings is 3. The van der Waals surface area contributed by atoms with Crippen molar-refractivity contribution in [2.24, 2.45) is 0 Å². The Hall–Kier alpha value is -3.93. The topological polar surface area (TPSA) is 83.9 Å². The van der Waals surface area contributed by atoms with Crippen LogP contribution in [-0.2, 0) is 0 Å². The van der Waals surface area contributed by atoms with Gasteiger partial charge >= 0.3 is 5.97 Å². The van der Waals surface area contributed by atoms with Gasteiger partial charge in [0, 0.05) is 0 Å². The maximum absolute atomic E-state index is 13.2. The van der Waals surface area contributed by atoms with Crippen LogP contribution in [0.3, 0.4) is 0 Å². The number of carbonyl (C=O) groups excluding carboxylic acids is 2. The Balaban J connectivity index is 1.69. The summed E-state index contributed by atoms with van der Waals surface area (Å²) in [6, 6.07) is 18.3. The molecular weight excluding hydrogens is 394 g/mol. The molecule has 1 aliphatic heterocycles. The molecule has 6 nitrogen and oxygen atoms in total. The zero-order valence-electron chi connectivity index (χ0n) is 17.2. The molecule has 156 valence electrons. The van der Waals surface area contributed by atoms with Crippen molar-refractivity contribution < 1.29 is 24.2 Å². The summed E-state index contributed by atoms with van der Waals surface area (Å²) in [5.41, 5.74) is 3.10. The van der Waals surface area contributed by atoms with Crippen LogP contribution in [-0.4, -0.2) is 34.4 Å². The minimum Gasteiger partial charge on any atom is -0.491 e. The van der Waals surface area contributed by atoms with Gasteiger partial charge in [0.1, 0.15) is 12.4 Å². The van der Waals surface area contributed by atoms with Crippen molar-refractivity contribution in [3.63, 3.8) is 0 Å². The van der Waals surface area contributed by atoms with Gasteiger partial charge in [-0.3, -0.25) is 14.5 Å². The molecule has 0 saturated carbocycles. The highest BCUT2D eigenvalue weighted by Gasteiger charge is 2.41. The molecule has 1 N–H and O–H groups in total. The average molecular weight is 415 g/mol. The highest BCUT2D eigenvalue weighted by atomic mass is 16.5. The van der Waals surface area contributed by atoms with Crippen LogP contribution in [0.1, 0.15) is 53.8 Å². The number of hydrogen-bond donors (Lipinski definition) is 1. The zero-order chi connectivity index (χ0) is 22.1. The summed E-state index contributed by atoms with van der Waals surface area (Å²) in [5, 5.41) is 9.25. The van der Waals surface area contributed by atoms with E-state index >= 15 is 0 Å². The molecule has 4 rings (SSSR count). The lowest BCUT2D eigenvalue weighted by atomic mass is 10.1. The third-order valence-electron chi connectivity index (χ3n) is 5.26. The largest absolute Gasteiger partial charge is 0.491 e. The summed E-state index contributed by atoms with van der Waals surface area (Å²) in [6.07, 6.45) is 0. The fourth-order valence-corrected chi connectivity index (χ4v) is 3.86. The molecule has 1 aliphatic rings. The van der Waals surface area contributed by atoms with Gasteiger partial charge in [-0.25, -0.2) is 4.79 Å². The molecule has 31 heavy (non-hydrogen) atoms. The first-order valence-corrected chi connectivity index (χ1v) is 9.86. The quantitative estimate of drug-likeness (QED) is 0.603. The number of ether oxygens (including phenoxy) is 1. The van der Waals surface area contributed by atoms with Gasteiger partial charge in [0.15, 0.2) is 0 Å². The van der Waals surface area contributed by atoms with Gasteiger partial charge in [0.2, 0.25) is 0 Å². The first kappa shape index (κ1) is 20.3. The second-order valence-corrected chi connectivity index (χ2v) is 7.61. The third kappa shape index (κ3) is 3.92. The van der Waals surface area contributed by atoms with Crippen LogP contribution in [0.15, 0.2) is 66.7 Å². The fraction of sp³-hybridized carbons (Fsp3) is 0.160. The van der Waals surface area contributed by atoms with Crippen molar-refractivity contribution in [1.29, 1.82) is 0 Å². The molecular formula is C25H21NO5. The monoisotopic (exact) mass is 415 g/mol. The first-order valence-electron chi connectivity index (χ1n) is 9.86. The number of amides is 2. The van der Waals surface area contributed by atoms with Crippen molar-refractivity contribution in [3.8, 4) is 5.75 Å². The maximum atomic E-state index is 13.2. The number of fused-ring (bicyclic) bond motifs is 1. The molecule has 0 aliphatic carbocycles.